The van der Waals surface area contributed by atoms with Crippen LogP contribution >= 0.6 is 12.2 Å². The summed E-state index contributed by atoms with van der Waals surface area (Å²) in [6.45, 7) is 0. The number of anilines is 1. The number of hydrogen-bond acceptors (Lipinski definition) is 3. The van der Waals surface area contributed by atoms with Crippen LogP contribution in [0, 0.1) is 23.2 Å². The Bertz CT molecular complexity index is 1400. The summed E-state index contributed by atoms with van der Waals surface area (Å²) >= 11 is 5.31. The third-order valence-electron chi connectivity index (χ3n) is 4.77. The van der Waals surface area contributed by atoms with Crippen LogP contribution in [-0.2, 0) is 0 Å². The van der Waals surface area contributed by atoms with Gasteiger partial charge in [0.25, 0.3) is 5.91 Å². The van der Waals surface area contributed by atoms with Gasteiger partial charge in [0.1, 0.15) is 0 Å². The van der Waals surface area contributed by atoms with Crippen molar-refractivity contribution in [3.05, 3.63) is 113 Å². The molecule has 0 aliphatic carbocycles. The smallest absolute Gasteiger partial charge is 0.258 e. The lowest BCUT2D eigenvalue weighted by Gasteiger charge is -2.11. The molecule has 32 heavy (non-hydrogen) atoms. The first-order valence-corrected chi connectivity index (χ1v) is 10.3. The fourth-order valence-electron chi connectivity index (χ4n) is 3.17. The summed E-state index contributed by atoms with van der Waals surface area (Å²) in [5.41, 5.74) is 3.60. The number of carbonyl (C=O) groups is 1. The average molecular weight is 432 g/mol. The highest BCUT2D eigenvalue weighted by Crippen LogP contribution is 2.18. The Hall–Kier alpha value is -4.45. The lowest BCUT2D eigenvalue weighted by atomic mass is 10.0. The normalized spacial score (nSPS) is 9.84. The second-order valence-corrected chi connectivity index (χ2v) is 7.36. The quantitative estimate of drug-likeness (QED) is 0.337. The van der Waals surface area contributed by atoms with Gasteiger partial charge >= 0.3 is 0 Å². The van der Waals surface area contributed by atoms with Gasteiger partial charge in [-0.05, 0) is 77.6 Å². The molecular weight excluding hydrogens is 414 g/mol. The number of rotatable bonds is 2. The van der Waals surface area contributed by atoms with Gasteiger partial charge < -0.3 is 5.32 Å². The Kier molecular flexibility index (Phi) is 6.22. The molecule has 0 atom stereocenters. The third-order valence-corrected chi connectivity index (χ3v) is 4.97. The van der Waals surface area contributed by atoms with E-state index in [0.29, 0.717) is 11.1 Å². The zero-order valence-electron chi connectivity index (χ0n) is 16.9. The number of amides is 1. The molecule has 2 N–H and O–H groups in total. The fraction of sp³-hybridized carbons (Fsp3) is 0. The molecule has 0 heterocycles. The van der Waals surface area contributed by atoms with E-state index in [1.54, 1.807) is 18.2 Å². The van der Waals surface area contributed by atoms with Crippen LogP contribution in [0.15, 0.2) is 91.0 Å². The molecule has 0 spiro atoms. The second kappa shape index (κ2) is 9.57. The summed E-state index contributed by atoms with van der Waals surface area (Å²) in [6, 6.07) is 30.0. The van der Waals surface area contributed by atoms with Crippen molar-refractivity contribution in [3.8, 4) is 17.9 Å². The first kappa shape index (κ1) is 20.8. The van der Waals surface area contributed by atoms with Crippen molar-refractivity contribution in [1.82, 2.24) is 5.32 Å². The molecule has 0 radical (unpaired) electrons. The summed E-state index contributed by atoms with van der Waals surface area (Å²) < 4.78 is 0. The number of nitriles is 1. The van der Waals surface area contributed by atoms with E-state index in [-0.39, 0.29) is 11.0 Å². The first-order chi connectivity index (χ1) is 15.6. The topological polar surface area (TPSA) is 64.9 Å². The molecule has 0 aliphatic heterocycles. The van der Waals surface area contributed by atoms with Gasteiger partial charge in [-0.3, -0.25) is 10.1 Å². The van der Waals surface area contributed by atoms with E-state index >= 15 is 0 Å². The maximum absolute atomic E-state index is 12.7. The molecule has 0 aromatic heterocycles. The molecule has 5 heteroatoms. The van der Waals surface area contributed by atoms with Gasteiger partial charge in [-0.1, -0.05) is 48.2 Å². The van der Waals surface area contributed by atoms with Crippen molar-refractivity contribution in [2.24, 2.45) is 0 Å². The Labute approximate surface area is 191 Å². The molecule has 4 rings (SSSR count). The number of benzene rings is 4. The van der Waals surface area contributed by atoms with Crippen molar-refractivity contribution in [3.63, 3.8) is 0 Å². The monoisotopic (exact) mass is 431 g/mol. The summed E-state index contributed by atoms with van der Waals surface area (Å²) in [6.07, 6.45) is 0. The molecule has 1 amide bonds. The number of carbonyl (C=O) groups excluding carboxylic acids is 1. The van der Waals surface area contributed by atoms with Crippen LogP contribution in [0.1, 0.15) is 27.0 Å². The van der Waals surface area contributed by atoms with Crippen LogP contribution in [0.25, 0.3) is 10.8 Å². The van der Waals surface area contributed by atoms with Crippen molar-refractivity contribution in [1.29, 1.82) is 5.26 Å². The predicted molar refractivity (Wildman–Crippen MR) is 131 cm³/mol. The van der Waals surface area contributed by atoms with Gasteiger partial charge in [-0.2, -0.15) is 5.26 Å². The Balaban J connectivity index is 1.39. The average Bonchev–Trinajstić information content (AvgIpc) is 2.83. The van der Waals surface area contributed by atoms with Gasteiger partial charge in [0, 0.05) is 22.4 Å². The molecule has 4 aromatic carbocycles. The van der Waals surface area contributed by atoms with Gasteiger partial charge in [0.15, 0.2) is 5.11 Å². The molecular formula is C27H17N3OS. The molecule has 0 bridgehead atoms. The number of nitrogens with one attached hydrogen (secondary N) is 2. The maximum Gasteiger partial charge on any atom is 0.258 e. The SMILES string of the molecule is N#Cc1ccc(C#Cc2ccc(NC(=S)NC(=O)c3cccc4ccccc34)cc2)cc1. The highest BCUT2D eigenvalue weighted by molar-refractivity contribution is 7.80. The molecule has 4 nitrogen and oxygen atoms in total. The van der Waals surface area contributed by atoms with Crippen LogP contribution in [-0.4, -0.2) is 11.0 Å². The molecule has 0 aliphatic rings. The minimum atomic E-state index is -0.260. The standard InChI is InChI=1S/C27H17N3OS/c28-18-21-12-10-19(11-13-21)8-9-20-14-16-23(17-15-20)29-27(32)30-26(31)25-7-3-5-22-4-1-2-6-24(22)25/h1-7,10-17H,(H2,29,30,31,32). The van der Waals surface area contributed by atoms with E-state index in [4.69, 9.17) is 17.5 Å². The van der Waals surface area contributed by atoms with Crippen LogP contribution in [0.2, 0.25) is 0 Å². The minimum Gasteiger partial charge on any atom is -0.332 e. The summed E-state index contributed by atoms with van der Waals surface area (Å²) in [7, 11) is 0. The Morgan fingerprint density at radius 1 is 0.750 bits per heavy atom. The highest BCUT2D eigenvalue weighted by Gasteiger charge is 2.11. The number of hydrogen-bond donors (Lipinski definition) is 2. The summed E-state index contributed by atoms with van der Waals surface area (Å²) in [4.78, 5) is 12.7. The van der Waals surface area contributed by atoms with Gasteiger partial charge in [-0.25, -0.2) is 0 Å². The zero-order valence-corrected chi connectivity index (χ0v) is 17.7. The second-order valence-electron chi connectivity index (χ2n) is 6.95. The summed E-state index contributed by atoms with van der Waals surface area (Å²) in [5.74, 6) is 5.90. The molecule has 152 valence electrons. The van der Waals surface area contributed by atoms with Gasteiger partial charge in [-0.15, -0.1) is 0 Å². The van der Waals surface area contributed by atoms with Crippen LogP contribution in [0.5, 0.6) is 0 Å². The van der Waals surface area contributed by atoms with E-state index < -0.39 is 0 Å². The minimum absolute atomic E-state index is 0.222. The van der Waals surface area contributed by atoms with Crippen molar-refractivity contribution < 1.29 is 4.79 Å². The summed E-state index contributed by atoms with van der Waals surface area (Å²) in [5, 5.41) is 16.7. The lowest BCUT2D eigenvalue weighted by Crippen LogP contribution is -2.34. The highest BCUT2D eigenvalue weighted by atomic mass is 32.1. The number of thiocarbonyl (C=S) groups is 1. The maximum atomic E-state index is 12.7. The van der Waals surface area contributed by atoms with E-state index in [0.717, 1.165) is 27.6 Å². The molecule has 0 unspecified atom stereocenters. The van der Waals surface area contributed by atoms with E-state index in [2.05, 4.69) is 28.5 Å². The van der Waals surface area contributed by atoms with E-state index in [9.17, 15) is 4.79 Å². The van der Waals surface area contributed by atoms with Crippen LogP contribution in [0.3, 0.4) is 0 Å². The Morgan fingerprint density at radius 2 is 1.34 bits per heavy atom. The fourth-order valence-corrected chi connectivity index (χ4v) is 3.38. The van der Waals surface area contributed by atoms with E-state index in [1.807, 2.05) is 72.8 Å². The Morgan fingerprint density at radius 3 is 2.03 bits per heavy atom. The van der Waals surface area contributed by atoms with Crippen molar-refractivity contribution >= 4 is 39.7 Å². The number of nitrogens with zero attached hydrogens (tertiary/aromatic N) is 1. The predicted octanol–water partition coefficient (Wildman–Crippen LogP) is 5.24. The molecule has 0 fully saturated rings. The largest absolute Gasteiger partial charge is 0.332 e. The van der Waals surface area contributed by atoms with Gasteiger partial charge in [0.05, 0.1) is 11.6 Å². The van der Waals surface area contributed by atoms with E-state index in [1.165, 1.54) is 0 Å². The molecule has 0 saturated heterocycles. The van der Waals surface area contributed by atoms with Crippen LogP contribution < -0.4 is 10.6 Å². The molecule has 0 saturated carbocycles. The van der Waals surface area contributed by atoms with Crippen molar-refractivity contribution in [2.75, 3.05) is 5.32 Å². The third kappa shape index (κ3) is 4.99. The first-order valence-electron chi connectivity index (χ1n) is 9.85. The van der Waals surface area contributed by atoms with Crippen molar-refractivity contribution in [2.45, 2.75) is 0 Å². The number of fused-ring (bicyclic) bond motifs is 1. The van der Waals surface area contributed by atoms with Crippen LogP contribution in [0.4, 0.5) is 5.69 Å². The molecule has 4 aromatic rings. The zero-order chi connectivity index (χ0) is 22.3. The van der Waals surface area contributed by atoms with Gasteiger partial charge in [0.2, 0.25) is 0 Å². The lowest BCUT2D eigenvalue weighted by molar-refractivity contribution is 0.0979.